The monoisotopic (exact) mass is 112 g/mol. The van der Waals surface area contributed by atoms with E-state index < -0.39 is 0 Å². The van der Waals surface area contributed by atoms with Crippen LogP contribution in [-0.2, 0) is 9.59 Å². The van der Waals surface area contributed by atoms with Gasteiger partial charge in [0.05, 0.1) is 0 Å². The van der Waals surface area contributed by atoms with Gasteiger partial charge in [-0.2, -0.15) is 0 Å². The molecule has 0 saturated heterocycles. The predicted octanol–water partition coefficient (Wildman–Crippen LogP) is 0.721. The molecular formula is C6H8O2. The van der Waals surface area contributed by atoms with E-state index in [4.69, 9.17) is 0 Å². The molecular weight excluding hydrogens is 104 g/mol. The molecule has 0 spiro atoms. The quantitative estimate of drug-likeness (QED) is 0.389. The lowest BCUT2D eigenvalue weighted by Crippen LogP contribution is -1.84. The SMILES string of the molecule is CC(=O)/C=C(\C)C=O. The summed E-state index contributed by atoms with van der Waals surface area (Å²) in [5, 5.41) is 0. The molecule has 0 aromatic carbocycles. The van der Waals surface area contributed by atoms with Crippen molar-refractivity contribution in [1.29, 1.82) is 0 Å². The Balaban J connectivity index is 3.94. The van der Waals surface area contributed by atoms with Crippen molar-refractivity contribution in [3.8, 4) is 0 Å². The van der Waals surface area contributed by atoms with Crippen LogP contribution in [0.3, 0.4) is 0 Å². The summed E-state index contributed by atoms with van der Waals surface area (Å²) in [5.74, 6) is -0.0883. The number of carbonyl (C=O) groups is 2. The van der Waals surface area contributed by atoms with Gasteiger partial charge in [-0.1, -0.05) is 0 Å². The molecule has 0 heterocycles. The number of aldehydes is 1. The van der Waals surface area contributed by atoms with E-state index in [9.17, 15) is 9.59 Å². The average Bonchev–Trinajstić information content (AvgIpc) is 1.65. The third-order valence-electron chi connectivity index (χ3n) is 0.617. The van der Waals surface area contributed by atoms with Gasteiger partial charge in [0.1, 0.15) is 6.29 Å². The fourth-order valence-corrected chi connectivity index (χ4v) is 0.355. The van der Waals surface area contributed by atoms with E-state index in [2.05, 4.69) is 0 Å². The third kappa shape index (κ3) is 3.28. The van der Waals surface area contributed by atoms with Gasteiger partial charge in [-0.25, -0.2) is 0 Å². The Morgan fingerprint density at radius 1 is 1.38 bits per heavy atom. The van der Waals surface area contributed by atoms with Crippen LogP contribution >= 0.6 is 0 Å². The molecule has 0 amide bonds. The first-order valence-electron chi connectivity index (χ1n) is 2.31. The molecule has 0 aliphatic heterocycles. The topological polar surface area (TPSA) is 34.1 Å². The highest BCUT2D eigenvalue weighted by Crippen LogP contribution is 1.84. The average molecular weight is 112 g/mol. The molecule has 0 rings (SSSR count). The maximum absolute atomic E-state index is 10.2. The molecule has 0 aliphatic carbocycles. The van der Waals surface area contributed by atoms with Crippen LogP contribution in [0.2, 0.25) is 0 Å². The molecule has 2 heteroatoms. The molecule has 0 aromatic rings. The van der Waals surface area contributed by atoms with Gasteiger partial charge >= 0.3 is 0 Å². The lowest BCUT2D eigenvalue weighted by molar-refractivity contribution is -0.113. The normalized spacial score (nSPS) is 11.0. The van der Waals surface area contributed by atoms with Gasteiger partial charge in [-0.3, -0.25) is 9.59 Å². The van der Waals surface area contributed by atoms with Gasteiger partial charge < -0.3 is 0 Å². The second-order valence-electron chi connectivity index (χ2n) is 1.62. The highest BCUT2D eigenvalue weighted by molar-refractivity contribution is 5.92. The van der Waals surface area contributed by atoms with Crippen LogP contribution in [0.1, 0.15) is 13.8 Å². The zero-order valence-corrected chi connectivity index (χ0v) is 4.97. The Labute approximate surface area is 48.2 Å². The summed E-state index contributed by atoms with van der Waals surface area (Å²) in [5.41, 5.74) is 0.470. The van der Waals surface area contributed by atoms with Crippen LogP contribution in [0.15, 0.2) is 11.6 Å². The molecule has 0 aliphatic rings. The minimum atomic E-state index is -0.0883. The van der Waals surface area contributed by atoms with E-state index in [1.165, 1.54) is 13.0 Å². The van der Waals surface area contributed by atoms with E-state index in [1.807, 2.05) is 0 Å². The van der Waals surface area contributed by atoms with Crippen molar-refractivity contribution in [3.05, 3.63) is 11.6 Å². The third-order valence-corrected chi connectivity index (χ3v) is 0.617. The number of carbonyl (C=O) groups excluding carboxylic acids is 2. The number of allylic oxidation sites excluding steroid dienone is 2. The van der Waals surface area contributed by atoms with Crippen molar-refractivity contribution in [3.63, 3.8) is 0 Å². The summed E-state index contributed by atoms with van der Waals surface area (Å²) in [6.45, 7) is 3.00. The Kier molecular flexibility index (Phi) is 2.77. The molecule has 0 N–H and O–H groups in total. The first-order valence-corrected chi connectivity index (χ1v) is 2.31. The number of hydrogen-bond donors (Lipinski definition) is 0. The molecule has 0 radical (unpaired) electrons. The molecule has 2 nitrogen and oxygen atoms in total. The smallest absolute Gasteiger partial charge is 0.152 e. The van der Waals surface area contributed by atoms with Gasteiger partial charge in [-0.15, -0.1) is 0 Å². The van der Waals surface area contributed by atoms with E-state index in [1.54, 1.807) is 6.92 Å². The standard InChI is InChI=1S/C6H8O2/c1-5(4-7)3-6(2)8/h3-4H,1-2H3/b5-3+. The highest BCUT2D eigenvalue weighted by atomic mass is 16.1. The van der Waals surface area contributed by atoms with Crippen LogP contribution in [-0.4, -0.2) is 12.1 Å². The maximum Gasteiger partial charge on any atom is 0.152 e. The molecule has 0 fully saturated rings. The van der Waals surface area contributed by atoms with Crippen LogP contribution in [0.5, 0.6) is 0 Å². The number of hydrogen-bond acceptors (Lipinski definition) is 2. The van der Waals surface area contributed by atoms with Gasteiger partial charge in [-0.05, 0) is 25.5 Å². The predicted molar refractivity (Wildman–Crippen MR) is 30.5 cm³/mol. The number of rotatable bonds is 2. The Hall–Kier alpha value is -0.920. The minimum Gasteiger partial charge on any atom is -0.298 e. The van der Waals surface area contributed by atoms with Crippen molar-refractivity contribution in [2.75, 3.05) is 0 Å². The molecule has 44 valence electrons. The Bertz CT molecular complexity index is 133. The fraction of sp³-hybridized carbons (Fsp3) is 0.333. The zero-order chi connectivity index (χ0) is 6.57. The summed E-state index contributed by atoms with van der Waals surface area (Å²) in [6.07, 6.45) is 1.95. The lowest BCUT2D eigenvalue weighted by Gasteiger charge is -1.79. The summed E-state index contributed by atoms with van der Waals surface area (Å²) < 4.78 is 0. The van der Waals surface area contributed by atoms with Crippen molar-refractivity contribution in [1.82, 2.24) is 0 Å². The van der Waals surface area contributed by atoms with Crippen molar-refractivity contribution >= 4 is 12.1 Å². The van der Waals surface area contributed by atoms with Gasteiger partial charge in [0.2, 0.25) is 0 Å². The minimum absolute atomic E-state index is 0.0883. The molecule has 0 aromatic heterocycles. The maximum atomic E-state index is 10.2. The van der Waals surface area contributed by atoms with Crippen molar-refractivity contribution < 1.29 is 9.59 Å². The second-order valence-corrected chi connectivity index (χ2v) is 1.62. The summed E-state index contributed by atoms with van der Waals surface area (Å²) in [6, 6.07) is 0. The van der Waals surface area contributed by atoms with E-state index in [-0.39, 0.29) is 5.78 Å². The van der Waals surface area contributed by atoms with Crippen LogP contribution < -0.4 is 0 Å². The fourth-order valence-electron chi connectivity index (χ4n) is 0.355. The summed E-state index contributed by atoms with van der Waals surface area (Å²) in [4.78, 5) is 20.0. The van der Waals surface area contributed by atoms with E-state index in [0.29, 0.717) is 11.9 Å². The first-order chi connectivity index (χ1) is 3.66. The van der Waals surface area contributed by atoms with Gasteiger partial charge in [0.15, 0.2) is 5.78 Å². The molecule has 0 unspecified atom stereocenters. The van der Waals surface area contributed by atoms with Crippen molar-refractivity contribution in [2.24, 2.45) is 0 Å². The number of ketones is 1. The molecule has 0 bridgehead atoms. The Morgan fingerprint density at radius 3 is 2.00 bits per heavy atom. The van der Waals surface area contributed by atoms with Gasteiger partial charge in [0.25, 0.3) is 0 Å². The lowest BCUT2D eigenvalue weighted by atomic mass is 10.3. The zero-order valence-electron chi connectivity index (χ0n) is 4.97. The summed E-state index contributed by atoms with van der Waals surface area (Å²) in [7, 11) is 0. The summed E-state index contributed by atoms with van der Waals surface area (Å²) >= 11 is 0. The van der Waals surface area contributed by atoms with Crippen LogP contribution in [0, 0.1) is 0 Å². The van der Waals surface area contributed by atoms with Crippen LogP contribution in [0.25, 0.3) is 0 Å². The molecule has 0 atom stereocenters. The second kappa shape index (κ2) is 3.13. The Morgan fingerprint density at radius 2 is 1.88 bits per heavy atom. The largest absolute Gasteiger partial charge is 0.298 e. The van der Waals surface area contributed by atoms with Crippen LogP contribution in [0.4, 0.5) is 0 Å². The molecule has 8 heavy (non-hydrogen) atoms. The van der Waals surface area contributed by atoms with Gasteiger partial charge in [0, 0.05) is 0 Å². The first kappa shape index (κ1) is 7.08. The highest BCUT2D eigenvalue weighted by Gasteiger charge is 1.85. The molecule has 0 saturated carbocycles. The van der Waals surface area contributed by atoms with E-state index in [0.717, 1.165) is 0 Å². The van der Waals surface area contributed by atoms with E-state index >= 15 is 0 Å². The van der Waals surface area contributed by atoms with Crippen molar-refractivity contribution in [2.45, 2.75) is 13.8 Å².